The summed E-state index contributed by atoms with van der Waals surface area (Å²) in [6.07, 6.45) is 1.28. The lowest BCUT2D eigenvalue weighted by Gasteiger charge is -2.23. The van der Waals surface area contributed by atoms with E-state index in [0.717, 1.165) is 30.5 Å². The summed E-state index contributed by atoms with van der Waals surface area (Å²) in [6, 6.07) is 6.91. The van der Waals surface area contributed by atoms with Crippen molar-refractivity contribution >= 4 is 5.82 Å². The van der Waals surface area contributed by atoms with E-state index in [1.807, 2.05) is 7.05 Å². The minimum atomic E-state index is 0.618. The van der Waals surface area contributed by atoms with E-state index in [2.05, 4.69) is 42.3 Å². The number of aromatic nitrogens is 1. The van der Waals surface area contributed by atoms with Crippen LogP contribution in [0.5, 0.6) is 0 Å². The van der Waals surface area contributed by atoms with Crippen LogP contribution in [0.25, 0.3) is 0 Å². The predicted octanol–water partition coefficient (Wildman–Crippen LogP) is 2.04. The smallest absolute Gasteiger partial charge is 0.129 e. The average Bonchev–Trinajstić information content (AvgIpc) is 2.59. The number of anilines is 1. The van der Waals surface area contributed by atoms with Gasteiger partial charge in [-0.3, -0.25) is 0 Å². The first-order valence-corrected chi connectivity index (χ1v) is 6.08. The van der Waals surface area contributed by atoms with Gasteiger partial charge in [-0.1, -0.05) is 13.0 Å². The molecule has 0 bridgehead atoms. The second kappa shape index (κ2) is 4.83. The zero-order valence-corrected chi connectivity index (χ0v) is 10.4. The molecule has 16 heavy (non-hydrogen) atoms. The number of hydrogen-bond acceptors (Lipinski definition) is 3. The fraction of sp³-hybridized carbons (Fsp3) is 0.615. The molecule has 0 spiro atoms. The molecule has 3 heteroatoms. The van der Waals surface area contributed by atoms with Crippen molar-refractivity contribution in [3.8, 4) is 0 Å². The normalized spacial score (nSPS) is 25.1. The molecular formula is C13H21N3. The number of pyridine rings is 1. The second-order valence-corrected chi connectivity index (χ2v) is 4.86. The number of hydrogen-bond donors (Lipinski definition) is 1. The van der Waals surface area contributed by atoms with Crippen LogP contribution in [0.2, 0.25) is 0 Å². The van der Waals surface area contributed by atoms with E-state index in [-0.39, 0.29) is 0 Å². The van der Waals surface area contributed by atoms with Crippen LogP contribution in [0, 0.1) is 5.92 Å². The van der Waals surface area contributed by atoms with E-state index in [9.17, 15) is 0 Å². The summed E-state index contributed by atoms with van der Waals surface area (Å²) in [7, 11) is 1.95. The third-order valence-electron chi connectivity index (χ3n) is 3.23. The summed E-state index contributed by atoms with van der Waals surface area (Å²) in [5.41, 5.74) is 1.12. The van der Waals surface area contributed by atoms with Gasteiger partial charge in [0.2, 0.25) is 0 Å². The van der Waals surface area contributed by atoms with E-state index in [0.29, 0.717) is 6.04 Å². The summed E-state index contributed by atoms with van der Waals surface area (Å²) >= 11 is 0. The number of nitrogens with one attached hydrogen (secondary N) is 1. The summed E-state index contributed by atoms with van der Waals surface area (Å²) in [5, 5.41) is 3.14. The fourth-order valence-corrected chi connectivity index (χ4v) is 2.53. The van der Waals surface area contributed by atoms with Gasteiger partial charge in [-0.2, -0.15) is 0 Å². The third-order valence-corrected chi connectivity index (χ3v) is 3.23. The minimum Gasteiger partial charge on any atom is -0.354 e. The molecule has 1 aromatic heterocycles. The van der Waals surface area contributed by atoms with E-state index < -0.39 is 0 Å². The van der Waals surface area contributed by atoms with Gasteiger partial charge in [0.1, 0.15) is 5.82 Å². The molecule has 0 aliphatic carbocycles. The van der Waals surface area contributed by atoms with Crippen LogP contribution in [0.3, 0.4) is 0 Å². The molecule has 1 aromatic rings. The van der Waals surface area contributed by atoms with Crippen LogP contribution in [0.4, 0.5) is 5.82 Å². The Morgan fingerprint density at radius 3 is 2.88 bits per heavy atom. The van der Waals surface area contributed by atoms with Gasteiger partial charge in [-0.25, -0.2) is 4.98 Å². The van der Waals surface area contributed by atoms with Crippen LogP contribution in [-0.2, 0) is 6.54 Å². The van der Waals surface area contributed by atoms with E-state index in [1.165, 1.54) is 6.42 Å². The molecule has 2 unspecified atom stereocenters. The Hall–Kier alpha value is -1.09. The predicted molar refractivity (Wildman–Crippen MR) is 67.6 cm³/mol. The summed E-state index contributed by atoms with van der Waals surface area (Å²) in [6.45, 7) is 6.58. The van der Waals surface area contributed by atoms with Gasteiger partial charge in [0.25, 0.3) is 0 Å². The lowest BCUT2D eigenvalue weighted by atomic mass is 10.1. The molecule has 2 atom stereocenters. The highest BCUT2D eigenvalue weighted by Crippen LogP contribution is 2.27. The zero-order chi connectivity index (χ0) is 11.5. The number of rotatable bonds is 3. The van der Waals surface area contributed by atoms with Crippen LogP contribution < -0.4 is 10.2 Å². The van der Waals surface area contributed by atoms with Crippen molar-refractivity contribution in [3.05, 3.63) is 23.9 Å². The van der Waals surface area contributed by atoms with Gasteiger partial charge in [0.15, 0.2) is 0 Å². The highest BCUT2D eigenvalue weighted by atomic mass is 15.2. The maximum absolute atomic E-state index is 4.69. The first kappa shape index (κ1) is 11.4. The van der Waals surface area contributed by atoms with E-state index in [1.54, 1.807) is 0 Å². The number of nitrogens with zero attached hydrogens (tertiary/aromatic N) is 2. The van der Waals surface area contributed by atoms with Crippen molar-refractivity contribution in [1.82, 2.24) is 10.3 Å². The maximum atomic E-state index is 4.69. The van der Waals surface area contributed by atoms with Gasteiger partial charge in [0, 0.05) is 19.1 Å². The Bertz CT molecular complexity index is 351. The van der Waals surface area contributed by atoms with Gasteiger partial charge >= 0.3 is 0 Å². The van der Waals surface area contributed by atoms with Crippen LogP contribution in [0.1, 0.15) is 26.0 Å². The van der Waals surface area contributed by atoms with E-state index >= 15 is 0 Å². The molecule has 88 valence electrons. The minimum absolute atomic E-state index is 0.618. The van der Waals surface area contributed by atoms with Gasteiger partial charge < -0.3 is 10.2 Å². The van der Waals surface area contributed by atoms with Crippen molar-refractivity contribution in [2.75, 3.05) is 18.5 Å². The molecule has 2 rings (SSSR count). The molecule has 2 heterocycles. The second-order valence-electron chi connectivity index (χ2n) is 4.86. The van der Waals surface area contributed by atoms with Crippen LogP contribution in [0.15, 0.2) is 18.2 Å². The first-order valence-electron chi connectivity index (χ1n) is 6.08. The summed E-state index contributed by atoms with van der Waals surface area (Å²) in [5.74, 6) is 1.91. The Morgan fingerprint density at radius 1 is 1.44 bits per heavy atom. The summed E-state index contributed by atoms with van der Waals surface area (Å²) in [4.78, 5) is 7.11. The average molecular weight is 219 g/mol. The van der Waals surface area contributed by atoms with Crippen molar-refractivity contribution in [3.63, 3.8) is 0 Å². The zero-order valence-electron chi connectivity index (χ0n) is 10.4. The van der Waals surface area contributed by atoms with Crippen molar-refractivity contribution < 1.29 is 0 Å². The lowest BCUT2D eigenvalue weighted by Crippen LogP contribution is -2.27. The molecule has 0 aromatic carbocycles. The largest absolute Gasteiger partial charge is 0.354 e. The molecule has 0 saturated carbocycles. The monoisotopic (exact) mass is 219 g/mol. The Kier molecular flexibility index (Phi) is 3.44. The third kappa shape index (κ3) is 2.35. The van der Waals surface area contributed by atoms with Crippen LogP contribution in [-0.4, -0.2) is 24.6 Å². The highest BCUT2D eigenvalue weighted by Gasteiger charge is 2.26. The van der Waals surface area contributed by atoms with Crippen molar-refractivity contribution in [2.24, 2.45) is 5.92 Å². The Balaban J connectivity index is 2.16. The lowest BCUT2D eigenvalue weighted by molar-refractivity contribution is 0.625. The van der Waals surface area contributed by atoms with Gasteiger partial charge in [0.05, 0.1) is 5.69 Å². The topological polar surface area (TPSA) is 28.2 Å². The Morgan fingerprint density at radius 2 is 2.25 bits per heavy atom. The van der Waals surface area contributed by atoms with E-state index in [4.69, 9.17) is 4.98 Å². The molecule has 1 fully saturated rings. The molecule has 0 amide bonds. The molecule has 1 aliphatic rings. The Labute approximate surface area is 97.9 Å². The molecular weight excluding hydrogens is 198 g/mol. The molecule has 0 radical (unpaired) electrons. The standard InChI is InChI=1S/C13H21N3/c1-10-7-11(2)16(9-10)13-6-4-5-12(15-13)8-14-3/h4-6,10-11,14H,7-9H2,1-3H3. The molecule has 3 nitrogen and oxygen atoms in total. The van der Waals surface area contributed by atoms with Crippen molar-refractivity contribution in [2.45, 2.75) is 32.9 Å². The molecule has 1 saturated heterocycles. The summed E-state index contributed by atoms with van der Waals surface area (Å²) < 4.78 is 0. The molecule has 1 aliphatic heterocycles. The van der Waals surface area contributed by atoms with Crippen LogP contribution >= 0.6 is 0 Å². The first-order chi connectivity index (χ1) is 7.70. The molecule has 1 N–H and O–H groups in total. The van der Waals surface area contributed by atoms with Gasteiger partial charge in [-0.15, -0.1) is 0 Å². The highest BCUT2D eigenvalue weighted by molar-refractivity contribution is 5.41. The quantitative estimate of drug-likeness (QED) is 0.843. The van der Waals surface area contributed by atoms with Gasteiger partial charge in [-0.05, 0) is 38.4 Å². The fourth-order valence-electron chi connectivity index (χ4n) is 2.53. The SMILES string of the molecule is CNCc1cccc(N2CC(C)CC2C)n1. The van der Waals surface area contributed by atoms with Crippen molar-refractivity contribution in [1.29, 1.82) is 0 Å². The maximum Gasteiger partial charge on any atom is 0.129 e.